The summed E-state index contributed by atoms with van der Waals surface area (Å²) in [6.45, 7) is 7.33. The van der Waals surface area contributed by atoms with Crippen LogP contribution in [0.15, 0.2) is 47.4 Å². The van der Waals surface area contributed by atoms with Crippen LogP contribution in [0.5, 0.6) is 0 Å². The number of aliphatic hydroxyl groups excluding tert-OH is 1. The summed E-state index contributed by atoms with van der Waals surface area (Å²) >= 11 is 0. The number of nitrogens with two attached hydrogens (primary N) is 1. The molecule has 1 aromatic heterocycles. The number of carbonyl (C=O) groups excluding carboxylic acids is 1. The van der Waals surface area contributed by atoms with E-state index in [1.165, 1.54) is 36.8 Å². The molecular weight excluding hydrogens is 499 g/mol. The van der Waals surface area contributed by atoms with E-state index in [9.17, 15) is 18.0 Å². The van der Waals surface area contributed by atoms with Crippen molar-refractivity contribution in [2.75, 3.05) is 31.6 Å². The smallest absolute Gasteiger partial charge is 0.403 e. The highest BCUT2D eigenvalue weighted by Gasteiger charge is 2.35. The van der Waals surface area contributed by atoms with Crippen LogP contribution in [-0.4, -0.2) is 58.5 Å². The van der Waals surface area contributed by atoms with Gasteiger partial charge in [0.25, 0.3) is 0 Å². The van der Waals surface area contributed by atoms with Gasteiger partial charge in [-0.2, -0.15) is 13.2 Å². The topological polar surface area (TPSA) is 129 Å². The number of rotatable bonds is 8. The Labute approximate surface area is 220 Å². The average Bonchev–Trinajstić information content (AvgIpc) is 3.38. The SMILES string of the molecule is CC(C)(C)C1CCN(C(=O)NCc2ccc(-c3ccnc(NC(C=NCCO)=CN)n3)cc2C(F)(F)F)C1. The van der Waals surface area contributed by atoms with Crippen LogP contribution in [0.4, 0.5) is 23.9 Å². The molecule has 38 heavy (non-hydrogen) atoms. The number of amides is 2. The molecule has 1 fully saturated rings. The van der Waals surface area contributed by atoms with Crippen molar-refractivity contribution in [2.24, 2.45) is 22.1 Å². The summed E-state index contributed by atoms with van der Waals surface area (Å²) in [6.07, 6.45) is 0.267. The van der Waals surface area contributed by atoms with Gasteiger partial charge in [0.1, 0.15) is 0 Å². The number of anilines is 1. The minimum atomic E-state index is -4.63. The number of hydrogen-bond donors (Lipinski definition) is 4. The molecule has 1 unspecified atom stereocenters. The van der Waals surface area contributed by atoms with E-state index < -0.39 is 11.7 Å². The monoisotopic (exact) mass is 533 g/mol. The van der Waals surface area contributed by atoms with E-state index in [4.69, 9.17) is 10.8 Å². The fourth-order valence-corrected chi connectivity index (χ4v) is 4.13. The summed E-state index contributed by atoms with van der Waals surface area (Å²) in [4.78, 5) is 26.6. The fraction of sp³-hybridized carbons (Fsp3) is 0.462. The number of alkyl halides is 3. The lowest BCUT2D eigenvalue weighted by Crippen LogP contribution is -2.39. The van der Waals surface area contributed by atoms with Gasteiger partial charge in [0.15, 0.2) is 0 Å². The third-order valence-corrected chi connectivity index (χ3v) is 6.39. The van der Waals surface area contributed by atoms with Crippen molar-refractivity contribution in [2.45, 2.75) is 39.9 Å². The van der Waals surface area contributed by atoms with E-state index in [1.54, 1.807) is 4.90 Å². The molecule has 1 aliphatic rings. The van der Waals surface area contributed by atoms with Crippen molar-refractivity contribution in [1.29, 1.82) is 0 Å². The van der Waals surface area contributed by atoms with Gasteiger partial charge in [-0.3, -0.25) is 4.99 Å². The maximum absolute atomic E-state index is 14.0. The number of nitrogens with zero attached hydrogens (tertiary/aromatic N) is 4. The normalized spacial score (nSPS) is 16.8. The number of nitrogens with one attached hydrogen (secondary N) is 2. The highest BCUT2D eigenvalue weighted by molar-refractivity contribution is 5.82. The lowest BCUT2D eigenvalue weighted by Gasteiger charge is -2.27. The van der Waals surface area contributed by atoms with Crippen LogP contribution in [0.1, 0.15) is 38.3 Å². The fourth-order valence-electron chi connectivity index (χ4n) is 4.13. The van der Waals surface area contributed by atoms with Gasteiger partial charge in [0, 0.05) is 43.8 Å². The Balaban J connectivity index is 1.76. The van der Waals surface area contributed by atoms with Crippen LogP contribution in [0, 0.1) is 11.3 Å². The predicted octanol–water partition coefficient (Wildman–Crippen LogP) is 4.02. The van der Waals surface area contributed by atoms with Crippen molar-refractivity contribution >= 4 is 18.2 Å². The van der Waals surface area contributed by atoms with Crippen LogP contribution >= 0.6 is 0 Å². The Morgan fingerprint density at radius 3 is 2.68 bits per heavy atom. The third-order valence-electron chi connectivity index (χ3n) is 6.39. The molecule has 2 aromatic rings. The first kappa shape index (κ1) is 28.9. The number of halogens is 3. The molecule has 1 atom stereocenters. The highest BCUT2D eigenvalue weighted by Crippen LogP contribution is 2.36. The van der Waals surface area contributed by atoms with Crippen LogP contribution in [-0.2, 0) is 12.7 Å². The molecule has 2 heterocycles. The Morgan fingerprint density at radius 1 is 1.29 bits per heavy atom. The van der Waals surface area contributed by atoms with Gasteiger partial charge in [0.2, 0.25) is 5.95 Å². The molecule has 0 aliphatic carbocycles. The van der Waals surface area contributed by atoms with Gasteiger partial charge in [-0.1, -0.05) is 32.9 Å². The van der Waals surface area contributed by atoms with E-state index in [0.717, 1.165) is 12.5 Å². The molecule has 0 radical (unpaired) electrons. The summed E-state index contributed by atoms with van der Waals surface area (Å²) in [5, 5.41) is 14.3. The number of aromatic nitrogens is 2. The van der Waals surface area contributed by atoms with Crippen LogP contribution in [0.2, 0.25) is 0 Å². The maximum Gasteiger partial charge on any atom is 0.416 e. The zero-order valence-corrected chi connectivity index (χ0v) is 21.7. The molecule has 12 heteroatoms. The second kappa shape index (κ2) is 12.2. The van der Waals surface area contributed by atoms with Crippen molar-refractivity contribution in [3.8, 4) is 11.3 Å². The molecule has 1 aromatic carbocycles. The molecule has 1 saturated heterocycles. The molecule has 0 spiro atoms. The number of carbonyl (C=O) groups is 1. The van der Waals surface area contributed by atoms with Crippen LogP contribution in [0.25, 0.3) is 11.3 Å². The van der Waals surface area contributed by atoms with Gasteiger partial charge in [-0.05, 0) is 35.4 Å². The molecule has 3 rings (SSSR count). The van der Waals surface area contributed by atoms with Crippen molar-refractivity contribution in [1.82, 2.24) is 20.2 Å². The number of allylic oxidation sites excluding steroid dienone is 1. The van der Waals surface area contributed by atoms with Crippen molar-refractivity contribution < 1.29 is 23.1 Å². The number of aliphatic hydroxyl groups is 1. The number of aliphatic imine (C=N–C) groups is 1. The maximum atomic E-state index is 14.0. The Hall–Kier alpha value is -3.67. The van der Waals surface area contributed by atoms with Gasteiger partial charge in [0.05, 0.1) is 30.1 Å². The lowest BCUT2D eigenvalue weighted by molar-refractivity contribution is -0.138. The molecule has 9 nitrogen and oxygen atoms in total. The van der Waals surface area contributed by atoms with E-state index in [0.29, 0.717) is 24.7 Å². The minimum absolute atomic E-state index is 0.0398. The Kier molecular flexibility index (Phi) is 9.31. The number of benzene rings is 1. The van der Waals surface area contributed by atoms with E-state index >= 15 is 0 Å². The molecule has 0 saturated carbocycles. The minimum Gasteiger partial charge on any atom is -0.403 e. The molecular formula is C26H34F3N7O2. The van der Waals surface area contributed by atoms with Gasteiger partial charge in [-0.25, -0.2) is 14.8 Å². The summed E-state index contributed by atoms with van der Waals surface area (Å²) in [5.41, 5.74) is 5.57. The zero-order chi connectivity index (χ0) is 27.9. The molecule has 2 amide bonds. The summed E-state index contributed by atoms with van der Waals surface area (Å²) in [6, 6.07) is 5.01. The first-order chi connectivity index (χ1) is 17.9. The number of likely N-dealkylation sites (tertiary alicyclic amines) is 1. The Morgan fingerprint density at radius 2 is 2.05 bits per heavy atom. The molecule has 1 aliphatic heterocycles. The largest absolute Gasteiger partial charge is 0.416 e. The standard InChI is InChI=1S/C26H34F3N7O2/c1-25(2,3)19-7-10-36(16-19)24(38)33-14-18-5-4-17(12-21(18)26(27,28)29)22-6-8-32-23(35-22)34-20(13-30)15-31-9-11-37/h4-6,8,12-13,15,19,37H,7,9-11,14,16,30H2,1-3H3,(H,33,38)(H,32,34,35). The second-order valence-electron chi connectivity index (χ2n) is 10.1. The average molecular weight is 534 g/mol. The summed E-state index contributed by atoms with van der Waals surface area (Å²) in [5.74, 6) is 0.452. The summed E-state index contributed by atoms with van der Waals surface area (Å²) in [7, 11) is 0. The number of urea groups is 1. The second-order valence-corrected chi connectivity index (χ2v) is 10.1. The van der Waals surface area contributed by atoms with Crippen molar-refractivity contribution in [3.63, 3.8) is 0 Å². The van der Waals surface area contributed by atoms with Crippen LogP contribution < -0.4 is 16.4 Å². The zero-order valence-electron chi connectivity index (χ0n) is 21.7. The highest BCUT2D eigenvalue weighted by atomic mass is 19.4. The Bertz CT molecular complexity index is 1180. The third kappa shape index (κ3) is 7.67. The first-order valence-electron chi connectivity index (χ1n) is 12.3. The van der Waals surface area contributed by atoms with E-state index in [-0.39, 0.29) is 53.9 Å². The number of hydrogen-bond acceptors (Lipinski definition) is 7. The van der Waals surface area contributed by atoms with Gasteiger partial charge < -0.3 is 26.4 Å². The molecule has 0 bridgehead atoms. The van der Waals surface area contributed by atoms with E-state index in [2.05, 4.69) is 46.4 Å². The van der Waals surface area contributed by atoms with Crippen LogP contribution in [0.3, 0.4) is 0 Å². The van der Waals surface area contributed by atoms with Gasteiger partial charge >= 0.3 is 12.2 Å². The lowest BCUT2D eigenvalue weighted by atomic mass is 9.80. The molecule has 206 valence electrons. The quantitative estimate of drug-likeness (QED) is 0.380. The summed E-state index contributed by atoms with van der Waals surface area (Å²) < 4.78 is 41.9. The predicted molar refractivity (Wildman–Crippen MR) is 140 cm³/mol. The van der Waals surface area contributed by atoms with Gasteiger partial charge in [-0.15, -0.1) is 0 Å². The van der Waals surface area contributed by atoms with Crippen molar-refractivity contribution in [3.05, 3.63) is 53.5 Å². The van der Waals surface area contributed by atoms with E-state index in [1.807, 2.05) is 0 Å². The molecule has 5 N–H and O–H groups in total. The first-order valence-corrected chi connectivity index (χ1v) is 12.3.